The third-order valence-electron chi connectivity index (χ3n) is 2.08. The first-order chi connectivity index (χ1) is 6.29. The highest BCUT2D eigenvalue weighted by molar-refractivity contribution is 9.09. The number of rotatable bonds is 1. The smallest absolute Gasteiger partial charge is 0.0615 e. The molecule has 0 aliphatic carbocycles. The van der Waals surface area contributed by atoms with E-state index in [4.69, 9.17) is 0 Å². The minimum atomic E-state index is 0.304. The van der Waals surface area contributed by atoms with Crippen molar-refractivity contribution in [3.05, 3.63) is 42.2 Å². The highest BCUT2D eigenvalue weighted by Gasteiger charge is 2.05. The first-order valence-electron chi connectivity index (χ1n) is 4.27. The summed E-state index contributed by atoms with van der Waals surface area (Å²) < 4.78 is 0. The molecule has 0 N–H and O–H groups in total. The number of halogens is 1. The Morgan fingerprint density at radius 2 is 2.00 bits per heavy atom. The maximum Gasteiger partial charge on any atom is 0.0615 e. The van der Waals surface area contributed by atoms with E-state index in [2.05, 4.69) is 40.0 Å². The standard InChI is InChI=1S/C11H10BrN/c1-8(12)11-10-5-3-2-4-9(10)6-7-13-11/h2-8H,1H3. The zero-order chi connectivity index (χ0) is 9.26. The van der Waals surface area contributed by atoms with Crippen molar-refractivity contribution in [3.63, 3.8) is 0 Å². The van der Waals surface area contributed by atoms with Crippen LogP contribution in [-0.4, -0.2) is 4.98 Å². The summed E-state index contributed by atoms with van der Waals surface area (Å²) in [6.07, 6.45) is 1.86. The fourth-order valence-corrected chi connectivity index (χ4v) is 1.82. The summed E-state index contributed by atoms with van der Waals surface area (Å²) in [7, 11) is 0. The molecule has 0 spiro atoms. The largest absolute Gasteiger partial charge is 0.259 e. The molecule has 1 heterocycles. The van der Waals surface area contributed by atoms with Gasteiger partial charge in [0.25, 0.3) is 0 Å². The quantitative estimate of drug-likeness (QED) is 0.688. The Labute approximate surface area is 85.9 Å². The van der Waals surface area contributed by atoms with Crippen molar-refractivity contribution in [3.8, 4) is 0 Å². The van der Waals surface area contributed by atoms with Crippen molar-refractivity contribution < 1.29 is 0 Å². The van der Waals surface area contributed by atoms with Crippen molar-refractivity contribution >= 4 is 26.7 Å². The van der Waals surface area contributed by atoms with Gasteiger partial charge in [-0.25, -0.2) is 0 Å². The van der Waals surface area contributed by atoms with Crippen LogP contribution < -0.4 is 0 Å². The zero-order valence-electron chi connectivity index (χ0n) is 7.37. The lowest BCUT2D eigenvalue weighted by Crippen LogP contribution is -1.90. The summed E-state index contributed by atoms with van der Waals surface area (Å²) in [4.78, 5) is 4.66. The summed E-state index contributed by atoms with van der Waals surface area (Å²) in [5, 5.41) is 2.48. The molecule has 2 rings (SSSR count). The number of benzene rings is 1. The third kappa shape index (κ3) is 1.59. The average molecular weight is 236 g/mol. The van der Waals surface area contributed by atoms with Crippen molar-refractivity contribution in [2.75, 3.05) is 0 Å². The van der Waals surface area contributed by atoms with Gasteiger partial charge in [0.05, 0.1) is 10.5 Å². The lowest BCUT2D eigenvalue weighted by molar-refractivity contribution is 1.05. The topological polar surface area (TPSA) is 12.9 Å². The Balaban J connectivity index is 2.76. The molecular weight excluding hydrogens is 226 g/mol. The van der Waals surface area contributed by atoms with Crippen LogP contribution in [0.15, 0.2) is 36.5 Å². The summed E-state index contributed by atoms with van der Waals surface area (Å²) >= 11 is 3.54. The maximum absolute atomic E-state index is 4.36. The van der Waals surface area contributed by atoms with Gasteiger partial charge in [0.15, 0.2) is 0 Å². The molecule has 0 amide bonds. The Morgan fingerprint density at radius 1 is 1.23 bits per heavy atom. The van der Waals surface area contributed by atoms with Crippen LogP contribution in [0.5, 0.6) is 0 Å². The van der Waals surface area contributed by atoms with Crippen LogP contribution in [0.2, 0.25) is 0 Å². The molecule has 2 aromatic rings. The van der Waals surface area contributed by atoms with Gasteiger partial charge in [-0.1, -0.05) is 40.2 Å². The Kier molecular flexibility index (Phi) is 2.32. The van der Waals surface area contributed by atoms with Crippen LogP contribution in [0.25, 0.3) is 10.8 Å². The molecule has 1 unspecified atom stereocenters. The van der Waals surface area contributed by atoms with Crippen molar-refractivity contribution in [2.45, 2.75) is 11.8 Å². The Morgan fingerprint density at radius 3 is 2.77 bits per heavy atom. The van der Waals surface area contributed by atoms with Crippen molar-refractivity contribution in [1.29, 1.82) is 0 Å². The minimum Gasteiger partial charge on any atom is -0.259 e. The maximum atomic E-state index is 4.36. The lowest BCUT2D eigenvalue weighted by atomic mass is 10.1. The number of alkyl halides is 1. The number of hydrogen-bond donors (Lipinski definition) is 0. The SMILES string of the molecule is CC(Br)c1nccc2ccccc12. The molecule has 66 valence electrons. The van der Waals surface area contributed by atoms with Gasteiger partial charge in [0.2, 0.25) is 0 Å². The van der Waals surface area contributed by atoms with Gasteiger partial charge in [0.1, 0.15) is 0 Å². The van der Waals surface area contributed by atoms with E-state index in [9.17, 15) is 0 Å². The molecular formula is C11H10BrN. The monoisotopic (exact) mass is 235 g/mol. The van der Waals surface area contributed by atoms with E-state index >= 15 is 0 Å². The van der Waals surface area contributed by atoms with Gasteiger partial charge in [-0.15, -0.1) is 0 Å². The number of aromatic nitrogens is 1. The van der Waals surface area contributed by atoms with E-state index in [0.717, 1.165) is 5.69 Å². The highest BCUT2D eigenvalue weighted by Crippen LogP contribution is 2.26. The summed E-state index contributed by atoms with van der Waals surface area (Å²) in [6, 6.07) is 10.3. The second-order valence-electron chi connectivity index (χ2n) is 3.03. The number of nitrogens with zero attached hydrogens (tertiary/aromatic N) is 1. The van der Waals surface area contributed by atoms with E-state index in [1.165, 1.54) is 10.8 Å². The van der Waals surface area contributed by atoms with Gasteiger partial charge in [-0.2, -0.15) is 0 Å². The number of fused-ring (bicyclic) bond motifs is 1. The van der Waals surface area contributed by atoms with Crippen molar-refractivity contribution in [2.24, 2.45) is 0 Å². The van der Waals surface area contributed by atoms with Gasteiger partial charge in [0, 0.05) is 11.6 Å². The van der Waals surface area contributed by atoms with E-state index in [1.54, 1.807) is 0 Å². The molecule has 1 nitrogen and oxygen atoms in total. The zero-order valence-corrected chi connectivity index (χ0v) is 8.95. The van der Waals surface area contributed by atoms with Gasteiger partial charge < -0.3 is 0 Å². The molecule has 0 fully saturated rings. The molecule has 0 saturated heterocycles. The fourth-order valence-electron chi connectivity index (χ4n) is 1.46. The van der Waals surface area contributed by atoms with Crippen LogP contribution in [0.1, 0.15) is 17.4 Å². The normalized spacial score (nSPS) is 13.1. The highest BCUT2D eigenvalue weighted by atomic mass is 79.9. The Hall–Kier alpha value is -0.890. The molecule has 0 radical (unpaired) electrons. The van der Waals surface area contributed by atoms with E-state index in [0.29, 0.717) is 4.83 Å². The predicted molar refractivity (Wildman–Crippen MR) is 59.1 cm³/mol. The second-order valence-corrected chi connectivity index (χ2v) is 4.41. The van der Waals surface area contributed by atoms with Gasteiger partial charge in [-0.05, 0) is 18.4 Å². The molecule has 1 aromatic heterocycles. The van der Waals surface area contributed by atoms with Crippen LogP contribution in [0.3, 0.4) is 0 Å². The van der Waals surface area contributed by atoms with E-state index < -0.39 is 0 Å². The fraction of sp³-hybridized carbons (Fsp3) is 0.182. The molecule has 0 bridgehead atoms. The van der Waals surface area contributed by atoms with E-state index in [1.807, 2.05) is 24.4 Å². The molecule has 1 atom stereocenters. The van der Waals surface area contributed by atoms with E-state index in [-0.39, 0.29) is 0 Å². The summed E-state index contributed by atoms with van der Waals surface area (Å²) in [5.41, 5.74) is 1.11. The first kappa shape index (κ1) is 8.70. The van der Waals surface area contributed by atoms with Gasteiger partial charge in [-0.3, -0.25) is 4.98 Å². The molecule has 0 saturated carbocycles. The first-order valence-corrected chi connectivity index (χ1v) is 5.18. The molecule has 0 aliphatic rings. The number of hydrogen-bond acceptors (Lipinski definition) is 1. The summed E-state index contributed by atoms with van der Waals surface area (Å²) in [6.45, 7) is 2.09. The van der Waals surface area contributed by atoms with Crippen LogP contribution >= 0.6 is 15.9 Å². The minimum absolute atomic E-state index is 0.304. The predicted octanol–water partition coefficient (Wildman–Crippen LogP) is 3.69. The van der Waals surface area contributed by atoms with Gasteiger partial charge >= 0.3 is 0 Å². The Bertz CT molecular complexity index is 418. The van der Waals surface area contributed by atoms with Crippen LogP contribution in [-0.2, 0) is 0 Å². The lowest BCUT2D eigenvalue weighted by Gasteiger charge is -2.06. The molecule has 13 heavy (non-hydrogen) atoms. The molecule has 2 heteroatoms. The van der Waals surface area contributed by atoms with Crippen LogP contribution in [0, 0.1) is 0 Å². The average Bonchev–Trinajstić information content (AvgIpc) is 2.17. The number of pyridine rings is 1. The molecule has 0 aliphatic heterocycles. The third-order valence-corrected chi connectivity index (χ3v) is 2.51. The summed E-state index contributed by atoms with van der Waals surface area (Å²) in [5.74, 6) is 0. The van der Waals surface area contributed by atoms with Crippen molar-refractivity contribution in [1.82, 2.24) is 4.98 Å². The van der Waals surface area contributed by atoms with Crippen LogP contribution in [0.4, 0.5) is 0 Å². The molecule has 1 aromatic carbocycles. The second kappa shape index (κ2) is 3.46.